The first-order valence-corrected chi connectivity index (χ1v) is 10.7. The molecule has 0 saturated carbocycles. The van der Waals surface area contributed by atoms with E-state index in [0.29, 0.717) is 23.3 Å². The number of nitrogens with one attached hydrogen (secondary N) is 2. The number of nitrogens with zero attached hydrogens (tertiary/aromatic N) is 1. The van der Waals surface area contributed by atoms with Gasteiger partial charge in [0.25, 0.3) is 5.91 Å². The van der Waals surface area contributed by atoms with Gasteiger partial charge >= 0.3 is 0 Å². The van der Waals surface area contributed by atoms with Gasteiger partial charge in [-0.2, -0.15) is 0 Å². The first kappa shape index (κ1) is 22.0. The molecule has 0 aliphatic heterocycles. The fourth-order valence-electron chi connectivity index (χ4n) is 3.55. The Morgan fingerprint density at radius 1 is 0.939 bits per heavy atom. The molecule has 6 nitrogen and oxygen atoms in total. The van der Waals surface area contributed by atoms with Crippen molar-refractivity contribution in [1.82, 2.24) is 15.6 Å². The first-order valence-electron chi connectivity index (χ1n) is 10.7. The quantitative estimate of drug-likeness (QED) is 0.449. The van der Waals surface area contributed by atoms with Crippen molar-refractivity contribution in [2.75, 3.05) is 7.11 Å². The molecule has 1 heterocycles. The molecule has 0 fully saturated rings. The van der Waals surface area contributed by atoms with Gasteiger partial charge in [-0.15, -0.1) is 0 Å². The van der Waals surface area contributed by atoms with Crippen LogP contribution in [0.25, 0.3) is 22.2 Å². The minimum atomic E-state index is -0.697. The second-order valence-corrected chi connectivity index (χ2v) is 7.70. The number of amides is 2. The average molecular weight is 440 g/mol. The molecule has 3 aromatic carbocycles. The van der Waals surface area contributed by atoms with E-state index in [9.17, 15) is 9.59 Å². The van der Waals surface area contributed by atoms with E-state index >= 15 is 0 Å². The highest BCUT2D eigenvalue weighted by Crippen LogP contribution is 2.26. The minimum absolute atomic E-state index is 0.249. The van der Waals surface area contributed by atoms with Crippen molar-refractivity contribution in [3.05, 3.63) is 96.1 Å². The predicted octanol–water partition coefficient (Wildman–Crippen LogP) is 4.35. The fourth-order valence-corrected chi connectivity index (χ4v) is 3.55. The number of ether oxygens (including phenoxy) is 1. The normalized spacial score (nSPS) is 11.6. The van der Waals surface area contributed by atoms with Crippen molar-refractivity contribution in [2.45, 2.75) is 19.5 Å². The predicted molar refractivity (Wildman–Crippen MR) is 129 cm³/mol. The van der Waals surface area contributed by atoms with Gasteiger partial charge in [0.05, 0.1) is 23.9 Å². The third kappa shape index (κ3) is 5.18. The molecular weight excluding hydrogens is 414 g/mol. The summed E-state index contributed by atoms with van der Waals surface area (Å²) >= 11 is 0. The molecule has 0 radical (unpaired) electrons. The van der Waals surface area contributed by atoms with Crippen LogP contribution in [0.4, 0.5) is 0 Å². The maximum atomic E-state index is 13.2. The molecule has 2 amide bonds. The molecule has 0 aliphatic rings. The molecule has 4 rings (SSSR count). The van der Waals surface area contributed by atoms with Crippen LogP contribution in [0.15, 0.2) is 84.9 Å². The van der Waals surface area contributed by atoms with Crippen LogP contribution in [0.2, 0.25) is 0 Å². The minimum Gasteiger partial charge on any atom is -0.497 e. The smallest absolute Gasteiger partial charge is 0.252 e. The third-order valence-corrected chi connectivity index (χ3v) is 5.40. The van der Waals surface area contributed by atoms with Crippen molar-refractivity contribution in [2.24, 2.45) is 0 Å². The van der Waals surface area contributed by atoms with Crippen molar-refractivity contribution < 1.29 is 14.3 Å². The Hall–Kier alpha value is -4.19. The van der Waals surface area contributed by atoms with E-state index in [-0.39, 0.29) is 11.8 Å². The molecule has 6 heteroatoms. The number of hydrogen-bond acceptors (Lipinski definition) is 4. The Balaban J connectivity index is 1.55. The Morgan fingerprint density at radius 2 is 1.64 bits per heavy atom. The Kier molecular flexibility index (Phi) is 6.64. The zero-order valence-corrected chi connectivity index (χ0v) is 18.5. The summed E-state index contributed by atoms with van der Waals surface area (Å²) in [5.74, 6) is 0.166. The van der Waals surface area contributed by atoms with Crippen LogP contribution in [0.3, 0.4) is 0 Å². The summed E-state index contributed by atoms with van der Waals surface area (Å²) in [6.07, 6.45) is 0. The summed E-state index contributed by atoms with van der Waals surface area (Å²) in [6, 6.07) is 25.7. The fraction of sp³-hybridized carbons (Fsp3) is 0.148. The van der Waals surface area contributed by atoms with Gasteiger partial charge in [0.1, 0.15) is 11.8 Å². The van der Waals surface area contributed by atoms with Gasteiger partial charge in [0, 0.05) is 17.5 Å². The Labute approximate surface area is 192 Å². The molecule has 0 saturated heterocycles. The molecule has 1 unspecified atom stereocenters. The van der Waals surface area contributed by atoms with Crippen LogP contribution in [-0.2, 0) is 11.3 Å². The number of aromatic nitrogens is 1. The number of pyridine rings is 1. The molecule has 0 spiro atoms. The second kappa shape index (κ2) is 9.96. The number of carbonyl (C=O) groups is 2. The third-order valence-electron chi connectivity index (χ3n) is 5.40. The lowest BCUT2D eigenvalue weighted by Gasteiger charge is -2.16. The van der Waals surface area contributed by atoms with E-state index in [0.717, 1.165) is 22.3 Å². The number of para-hydroxylation sites is 1. The SMILES string of the molecule is COc1ccc(-c2cc(C(=O)NC(C)C(=O)NCc3ccccc3)c3ccccc3n2)cc1. The highest BCUT2D eigenvalue weighted by molar-refractivity contribution is 6.08. The highest BCUT2D eigenvalue weighted by Gasteiger charge is 2.19. The van der Waals surface area contributed by atoms with Crippen LogP contribution in [0, 0.1) is 0 Å². The van der Waals surface area contributed by atoms with E-state index in [1.165, 1.54) is 0 Å². The van der Waals surface area contributed by atoms with E-state index in [2.05, 4.69) is 10.6 Å². The molecule has 2 N–H and O–H groups in total. The van der Waals surface area contributed by atoms with Crippen LogP contribution < -0.4 is 15.4 Å². The zero-order chi connectivity index (χ0) is 23.2. The molecule has 0 aliphatic carbocycles. The van der Waals surface area contributed by atoms with Gasteiger partial charge in [0.2, 0.25) is 5.91 Å². The Bertz CT molecular complexity index is 1270. The summed E-state index contributed by atoms with van der Waals surface area (Å²) < 4.78 is 5.23. The zero-order valence-electron chi connectivity index (χ0n) is 18.5. The van der Waals surface area contributed by atoms with Gasteiger partial charge in [-0.25, -0.2) is 4.98 Å². The van der Waals surface area contributed by atoms with Crippen molar-refractivity contribution in [1.29, 1.82) is 0 Å². The largest absolute Gasteiger partial charge is 0.497 e. The lowest BCUT2D eigenvalue weighted by atomic mass is 10.0. The average Bonchev–Trinajstić information content (AvgIpc) is 2.87. The van der Waals surface area contributed by atoms with E-state index in [4.69, 9.17) is 9.72 Å². The number of hydrogen-bond donors (Lipinski definition) is 2. The van der Waals surface area contributed by atoms with Crippen molar-refractivity contribution in [3.63, 3.8) is 0 Å². The first-order chi connectivity index (χ1) is 16.0. The Morgan fingerprint density at radius 3 is 2.36 bits per heavy atom. The molecule has 4 aromatic rings. The molecule has 1 atom stereocenters. The number of rotatable bonds is 7. The number of methoxy groups -OCH3 is 1. The van der Waals surface area contributed by atoms with Crippen LogP contribution in [0.1, 0.15) is 22.8 Å². The summed E-state index contributed by atoms with van der Waals surface area (Å²) in [6.45, 7) is 2.08. The molecule has 1 aromatic heterocycles. The van der Waals surface area contributed by atoms with Crippen LogP contribution >= 0.6 is 0 Å². The van der Waals surface area contributed by atoms with Gasteiger partial charge in [-0.05, 0) is 48.9 Å². The molecule has 33 heavy (non-hydrogen) atoms. The number of fused-ring (bicyclic) bond motifs is 1. The highest BCUT2D eigenvalue weighted by atomic mass is 16.5. The van der Waals surface area contributed by atoms with Crippen molar-refractivity contribution >= 4 is 22.7 Å². The molecular formula is C27H25N3O3. The molecule has 0 bridgehead atoms. The summed E-state index contributed by atoms with van der Waals surface area (Å²) in [5.41, 5.74) is 3.70. The van der Waals surface area contributed by atoms with Crippen LogP contribution in [-0.4, -0.2) is 29.9 Å². The monoisotopic (exact) mass is 439 g/mol. The summed E-state index contributed by atoms with van der Waals surface area (Å²) in [5, 5.41) is 6.41. The van der Waals surface area contributed by atoms with E-state index in [1.54, 1.807) is 20.1 Å². The van der Waals surface area contributed by atoms with Gasteiger partial charge in [-0.3, -0.25) is 9.59 Å². The van der Waals surface area contributed by atoms with Gasteiger partial charge < -0.3 is 15.4 Å². The van der Waals surface area contributed by atoms with Gasteiger partial charge in [-0.1, -0.05) is 48.5 Å². The van der Waals surface area contributed by atoms with Gasteiger partial charge in [0.15, 0.2) is 0 Å². The lowest BCUT2D eigenvalue weighted by molar-refractivity contribution is -0.122. The standard InChI is InChI=1S/C27H25N3O3/c1-18(26(31)28-17-19-8-4-3-5-9-19)29-27(32)23-16-25(20-12-14-21(33-2)15-13-20)30-24-11-7-6-10-22(23)24/h3-16,18H,17H2,1-2H3,(H,28,31)(H,29,32). The van der Waals surface area contributed by atoms with E-state index < -0.39 is 6.04 Å². The summed E-state index contributed by atoms with van der Waals surface area (Å²) in [7, 11) is 1.61. The maximum Gasteiger partial charge on any atom is 0.252 e. The summed E-state index contributed by atoms with van der Waals surface area (Å²) in [4.78, 5) is 30.5. The molecule has 166 valence electrons. The number of carbonyl (C=O) groups excluding carboxylic acids is 2. The topological polar surface area (TPSA) is 80.3 Å². The van der Waals surface area contributed by atoms with Crippen LogP contribution in [0.5, 0.6) is 5.75 Å². The lowest BCUT2D eigenvalue weighted by Crippen LogP contribution is -2.44. The number of benzene rings is 3. The maximum absolute atomic E-state index is 13.2. The second-order valence-electron chi connectivity index (χ2n) is 7.70. The van der Waals surface area contributed by atoms with Crippen molar-refractivity contribution in [3.8, 4) is 17.0 Å². The van der Waals surface area contributed by atoms with E-state index in [1.807, 2.05) is 78.9 Å².